The van der Waals surface area contributed by atoms with Crippen LogP contribution in [-0.2, 0) is 0 Å². The molecule has 1 unspecified atom stereocenters. The van der Waals surface area contributed by atoms with E-state index < -0.39 is 0 Å². The summed E-state index contributed by atoms with van der Waals surface area (Å²) in [6.07, 6.45) is 3.43. The van der Waals surface area contributed by atoms with Crippen molar-refractivity contribution in [2.24, 2.45) is 0 Å². The first-order valence-electron chi connectivity index (χ1n) is 6.01. The lowest BCUT2D eigenvalue weighted by molar-refractivity contribution is 0.622. The Bertz CT molecular complexity index is 552. The van der Waals surface area contributed by atoms with E-state index in [9.17, 15) is 4.39 Å². The average Bonchev–Trinajstić information content (AvgIpc) is 2.39. The van der Waals surface area contributed by atoms with Crippen LogP contribution >= 0.6 is 0 Å². The molecule has 2 aromatic rings. The molecule has 0 fully saturated rings. The van der Waals surface area contributed by atoms with Gasteiger partial charge < -0.3 is 5.32 Å². The number of nitrogens with one attached hydrogen (secondary N) is 1. The topological polar surface area (TPSA) is 24.9 Å². The second kappa shape index (κ2) is 5.27. The van der Waals surface area contributed by atoms with E-state index >= 15 is 0 Å². The Hall–Kier alpha value is -1.74. The predicted molar refractivity (Wildman–Crippen MR) is 71.8 cm³/mol. The van der Waals surface area contributed by atoms with Gasteiger partial charge in [-0.1, -0.05) is 6.07 Å². The number of pyridine rings is 1. The number of aryl methyl sites for hydroxylation is 1. The minimum Gasteiger partial charge on any atom is -0.313 e. The molecule has 3 heteroatoms. The summed E-state index contributed by atoms with van der Waals surface area (Å²) >= 11 is 0. The molecule has 1 atom stereocenters. The van der Waals surface area contributed by atoms with Crippen molar-refractivity contribution in [2.75, 3.05) is 7.05 Å². The van der Waals surface area contributed by atoms with Crippen molar-refractivity contribution in [3.05, 3.63) is 53.6 Å². The minimum absolute atomic E-state index is 0.196. The van der Waals surface area contributed by atoms with Crippen LogP contribution in [0.2, 0.25) is 0 Å². The van der Waals surface area contributed by atoms with Crippen molar-refractivity contribution in [3.63, 3.8) is 0 Å². The number of aromatic nitrogens is 1. The normalized spacial score (nSPS) is 12.4. The first-order valence-corrected chi connectivity index (χ1v) is 6.01. The highest BCUT2D eigenvalue weighted by Crippen LogP contribution is 2.28. The molecule has 94 valence electrons. The number of hydrogen-bond donors (Lipinski definition) is 1. The van der Waals surface area contributed by atoms with Gasteiger partial charge in [-0.2, -0.15) is 0 Å². The first-order chi connectivity index (χ1) is 8.63. The van der Waals surface area contributed by atoms with Crippen LogP contribution in [0.5, 0.6) is 0 Å². The molecule has 0 saturated carbocycles. The molecule has 0 saturated heterocycles. The van der Waals surface area contributed by atoms with Crippen molar-refractivity contribution >= 4 is 0 Å². The van der Waals surface area contributed by atoms with Gasteiger partial charge in [-0.15, -0.1) is 0 Å². The van der Waals surface area contributed by atoms with Crippen LogP contribution in [0.15, 0.2) is 36.7 Å². The number of halogens is 1. The smallest absolute Gasteiger partial charge is 0.131 e. The number of nitrogens with zero attached hydrogens (tertiary/aromatic N) is 1. The van der Waals surface area contributed by atoms with Gasteiger partial charge in [0, 0.05) is 29.6 Å². The van der Waals surface area contributed by atoms with E-state index in [4.69, 9.17) is 0 Å². The lowest BCUT2D eigenvalue weighted by Gasteiger charge is -2.13. The van der Waals surface area contributed by atoms with E-state index in [2.05, 4.69) is 10.3 Å². The van der Waals surface area contributed by atoms with Gasteiger partial charge in [0.15, 0.2) is 0 Å². The summed E-state index contributed by atoms with van der Waals surface area (Å²) in [6.45, 7) is 4.01. The predicted octanol–water partition coefficient (Wildman–Crippen LogP) is 3.48. The molecule has 0 aliphatic carbocycles. The molecule has 18 heavy (non-hydrogen) atoms. The third-order valence-electron chi connectivity index (χ3n) is 3.25. The molecule has 0 aliphatic rings. The van der Waals surface area contributed by atoms with Gasteiger partial charge in [-0.25, -0.2) is 4.39 Å². The Labute approximate surface area is 107 Å². The van der Waals surface area contributed by atoms with Gasteiger partial charge >= 0.3 is 0 Å². The molecule has 1 aromatic carbocycles. The van der Waals surface area contributed by atoms with Crippen molar-refractivity contribution in [1.82, 2.24) is 10.3 Å². The summed E-state index contributed by atoms with van der Waals surface area (Å²) in [4.78, 5) is 4.08. The zero-order chi connectivity index (χ0) is 13.1. The first kappa shape index (κ1) is 12.7. The van der Waals surface area contributed by atoms with Gasteiger partial charge in [-0.3, -0.25) is 4.98 Å². The summed E-state index contributed by atoms with van der Waals surface area (Å²) in [5.41, 5.74) is 3.55. The zero-order valence-electron chi connectivity index (χ0n) is 10.9. The maximum atomic E-state index is 14.0. The molecular weight excluding hydrogens is 227 g/mol. The second-order valence-corrected chi connectivity index (χ2v) is 4.44. The van der Waals surface area contributed by atoms with Crippen LogP contribution in [0, 0.1) is 12.7 Å². The van der Waals surface area contributed by atoms with E-state index in [1.54, 1.807) is 12.4 Å². The summed E-state index contributed by atoms with van der Waals surface area (Å²) < 4.78 is 14.0. The van der Waals surface area contributed by atoms with E-state index in [0.29, 0.717) is 5.56 Å². The van der Waals surface area contributed by atoms with Crippen LogP contribution in [0.25, 0.3) is 11.1 Å². The SMILES string of the molecule is CNC(C)c1ccc(F)c(-c2cnccc2C)c1. The Balaban J connectivity index is 2.54. The zero-order valence-corrected chi connectivity index (χ0v) is 10.9. The molecule has 2 rings (SSSR count). The van der Waals surface area contributed by atoms with Gasteiger partial charge in [-0.05, 0) is 50.2 Å². The largest absolute Gasteiger partial charge is 0.313 e. The Kier molecular flexibility index (Phi) is 3.72. The molecule has 1 N–H and O–H groups in total. The van der Waals surface area contributed by atoms with Crippen LogP contribution in [0.1, 0.15) is 24.1 Å². The third-order valence-corrected chi connectivity index (χ3v) is 3.25. The summed E-state index contributed by atoms with van der Waals surface area (Å²) in [7, 11) is 1.89. The standard InChI is InChI=1S/C15H17FN2/c1-10-6-7-18-9-14(10)13-8-12(11(2)17-3)4-5-15(13)16/h4-9,11,17H,1-3H3. The van der Waals surface area contributed by atoms with E-state index in [0.717, 1.165) is 16.7 Å². The molecule has 0 amide bonds. The minimum atomic E-state index is -0.210. The van der Waals surface area contributed by atoms with E-state index in [1.807, 2.05) is 39.1 Å². The molecular formula is C15H17FN2. The molecule has 1 heterocycles. The molecule has 0 radical (unpaired) electrons. The second-order valence-electron chi connectivity index (χ2n) is 4.44. The summed E-state index contributed by atoms with van der Waals surface area (Å²) in [5, 5.41) is 3.16. The van der Waals surface area contributed by atoms with Gasteiger partial charge in [0.05, 0.1) is 0 Å². The van der Waals surface area contributed by atoms with E-state index in [1.165, 1.54) is 6.07 Å². The Morgan fingerprint density at radius 1 is 1.22 bits per heavy atom. The molecule has 1 aromatic heterocycles. The highest BCUT2D eigenvalue weighted by atomic mass is 19.1. The quantitative estimate of drug-likeness (QED) is 0.894. The number of hydrogen-bond acceptors (Lipinski definition) is 2. The van der Waals surface area contributed by atoms with Crippen LogP contribution in [0.4, 0.5) is 4.39 Å². The maximum absolute atomic E-state index is 14.0. The van der Waals surface area contributed by atoms with Gasteiger partial charge in [0.2, 0.25) is 0 Å². The van der Waals surface area contributed by atoms with Crippen molar-refractivity contribution in [3.8, 4) is 11.1 Å². The van der Waals surface area contributed by atoms with Crippen molar-refractivity contribution in [2.45, 2.75) is 19.9 Å². The van der Waals surface area contributed by atoms with Crippen LogP contribution in [-0.4, -0.2) is 12.0 Å². The summed E-state index contributed by atoms with van der Waals surface area (Å²) in [5.74, 6) is -0.210. The Morgan fingerprint density at radius 2 is 2.00 bits per heavy atom. The monoisotopic (exact) mass is 244 g/mol. The maximum Gasteiger partial charge on any atom is 0.131 e. The van der Waals surface area contributed by atoms with Crippen molar-refractivity contribution < 1.29 is 4.39 Å². The number of benzene rings is 1. The molecule has 0 spiro atoms. The fourth-order valence-corrected chi connectivity index (χ4v) is 1.93. The van der Waals surface area contributed by atoms with Crippen LogP contribution < -0.4 is 5.32 Å². The lowest BCUT2D eigenvalue weighted by atomic mass is 9.98. The third kappa shape index (κ3) is 2.41. The molecule has 0 bridgehead atoms. The highest BCUT2D eigenvalue weighted by molar-refractivity contribution is 5.67. The lowest BCUT2D eigenvalue weighted by Crippen LogP contribution is -2.12. The molecule has 2 nitrogen and oxygen atoms in total. The van der Waals surface area contributed by atoms with Gasteiger partial charge in [0.1, 0.15) is 5.82 Å². The van der Waals surface area contributed by atoms with E-state index in [-0.39, 0.29) is 11.9 Å². The number of rotatable bonds is 3. The highest BCUT2D eigenvalue weighted by Gasteiger charge is 2.11. The average molecular weight is 244 g/mol. The van der Waals surface area contributed by atoms with Gasteiger partial charge in [0.25, 0.3) is 0 Å². The van der Waals surface area contributed by atoms with Crippen LogP contribution in [0.3, 0.4) is 0 Å². The summed E-state index contributed by atoms with van der Waals surface area (Å²) in [6, 6.07) is 7.31. The Morgan fingerprint density at radius 3 is 2.67 bits per heavy atom. The van der Waals surface area contributed by atoms with Crippen molar-refractivity contribution in [1.29, 1.82) is 0 Å². The fraction of sp³-hybridized carbons (Fsp3) is 0.267. The fourth-order valence-electron chi connectivity index (χ4n) is 1.93. The molecule has 0 aliphatic heterocycles.